The number of aryl methyl sites for hydroxylation is 1. The number of anilines is 1. The fraction of sp³-hybridized carbons (Fsp3) is 0.278. The molecule has 0 bridgehead atoms. The molecule has 24 heavy (non-hydrogen) atoms. The van der Waals surface area contributed by atoms with E-state index in [0.717, 1.165) is 12.3 Å². The zero-order valence-electron chi connectivity index (χ0n) is 13.7. The van der Waals surface area contributed by atoms with Crippen LogP contribution in [0.5, 0.6) is 0 Å². The maximum absolute atomic E-state index is 12.1. The molecule has 0 aromatic heterocycles. The lowest BCUT2D eigenvalue weighted by molar-refractivity contribution is -0.117. The van der Waals surface area contributed by atoms with Crippen molar-refractivity contribution in [2.24, 2.45) is 0 Å². The normalized spacial score (nSPS) is 10.9. The number of nitrogens with one attached hydrogen (secondary N) is 1. The highest BCUT2D eigenvalue weighted by Crippen LogP contribution is 2.29. The highest BCUT2D eigenvalue weighted by Gasteiger charge is 2.11. The predicted molar refractivity (Wildman–Crippen MR) is 104 cm³/mol. The summed E-state index contributed by atoms with van der Waals surface area (Å²) >= 11 is 13.9. The number of hydrogen-bond donors (Lipinski definition) is 1. The molecule has 0 radical (unpaired) electrons. The van der Waals surface area contributed by atoms with Crippen LogP contribution in [0.4, 0.5) is 5.69 Å². The number of halogens is 2. The predicted octanol–water partition coefficient (Wildman–Crippen LogP) is 4.96. The van der Waals surface area contributed by atoms with E-state index in [1.165, 1.54) is 10.5 Å². The first kappa shape index (κ1) is 19.1. The van der Waals surface area contributed by atoms with Crippen molar-refractivity contribution in [1.29, 1.82) is 0 Å². The molecule has 1 N–H and O–H groups in total. The van der Waals surface area contributed by atoms with Gasteiger partial charge in [-0.1, -0.05) is 47.0 Å². The van der Waals surface area contributed by atoms with E-state index >= 15 is 0 Å². The molecule has 0 spiro atoms. The minimum absolute atomic E-state index is 0.132. The number of hydrogen-bond acceptors (Lipinski definition) is 3. The number of carbonyl (C=O) groups excluding carboxylic acids is 1. The average Bonchev–Trinajstić information content (AvgIpc) is 2.53. The summed E-state index contributed by atoms with van der Waals surface area (Å²) in [5, 5.41) is 3.65. The number of carbonyl (C=O) groups is 1. The third-order valence-electron chi connectivity index (χ3n) is 3.40. The van der Waals surface area contributed by atoms with Gasteiger partial charge in [0, 0.05) is 17.2 Å². The average molecular weight is 383 g/mol. The third kappa shape index (κ3) is 6.02. The molecule has 128 valence electrons. The van der Waals surface area contributed by atoms with Crippen LogP contribution in [0.25, 0.3) is 0 Å². The first-order valence-electron chi connectivity index (χ1n) is 7.57. The van der Waals surface area contributed by atoms with Crippen molar-refractivity contribution in [1.82, 2.24) is 4.90 Å². The minimum Gasteiger partial charge on any atom is -0.322 e. The second-order valence-electron chi connectivity index (χ2n) is 5.54. The molecule has 2 aromatic carbocycles. The van der Waals surface area contributed by atoms with Crippen LogP contribution in [0.3, 0.4) is 0 Å². The summed E-state index contributed by atoms with van der Waals surface area (Å²) in [4.78, 5) is 15.3. The maximum atomic E-state index is 12.1. The third-order valence-corrected chi connectivity index (χ3v) is 5.03. The van der Waals surface area contributed by atoms with E-state index in [1.54, 1.807) is 30.0 Å². The van der Waals surface area contributed by atoms with Gasteiger partial charge in [-0.25, -0.2) is 0 Å². The molecule has 0 saturated heterocycles. The maximum Gasteiger partial charge on any atom is 0.238 e. The van der Waals surface area contributed by atoms with Gasteiger partial charge in [-0.15, -0.1) is 11.8 Å². The Morgan fingerprint density at radius 3 is 2.38 bits per heavy atom. The summed E-state index contributed by atoms with van der Waals surface area (Å²) in [6.07, 6.45) is 0. The van der Waals surface area contributed by atoms with Gasteiger partial charge >= 0.3 is 0 Å². The first-order chi connectivity index (χ1) is 11.5. The van der Waals surface area contributed by atoms with Crippen molar-refractivity contribution in [3.63, 3.8) is 0 Å². The lowest BCUT2D eigenvalue weighted by Crippen LogP contribution is -2.31. The SMILES string of the molecule is Cc1ccc(SCCN(C)CC(=O)Nc2c(Cl)cccc2Cl)cc1. The van der Waals surface area contributed by atoms with Gasteiger partial charge in [0.25, 0.3) is 0 Å². The highest BCUT2D eigenvalue weighted by atomic mass is 35.5. The molecule has 2 rings (SSSR count). The topological polar surface area (TPSA) is 32.3 Å². The summed E-state index contributed by atoms with van der Waals surface area (Å²) in [5.41, 5.74) is 1.72. The van der Waals surface area contributed by atoms with Crippen molar-refractivity contribution in [2.75, 3.05) is 31.2 Å². The van der Waals surface area contributed by atoms with E-state index in [4.69, 9.17) is 23.2 Å². The standard InChI is InChI=1S/C18H20Cl2N2OS/c1-13-6-8-14(9-7-13)24-11-10-22(2)12-17(23)21-18-15(19)4-3-5-16(18)20/h3-9H,10-12H2,1-2H3,(H,21,23). The minimum atomic E-state index is -0.132. The van der Waals surface area contributed by atoms with Gasteiger partial charge in [0.2, 0.25) is 5.91 Å². The Labute approximate surface area is 157 Å². The van der Waals surface area contributed by atoms with E-state index in [2.05, 4.69) is 36.5 Å². The monoisotopic (exact) mass is 382 g/mol. The number of rotatable bonds is 7. The molecule has 6 heteroatoms. The Bertz CT molecular complexity index is 672. The summed E-state index contributed by atoms with van der Waals surface area (Å²) in [7, 11) is 1.92. The number of amides is 1. The Kier molecular flexibility index (Phi) is 7.43. The molecule has 0 fully saturated rings. The van der Waals surface area contributed by atoms with Gasteiger partial charge in [0.1, 0.15) is 0 Å². The van der Waals surface area contributed by atoms with Gasteiger partial charge in [0.15, 0.2) is 0 Å². The van der Waals surface area contributed by atoms with Crippen molar-refractivity contribution < 1.29 is 4.79 Å². The molecule has 0 aliphatic heterocycles. The molecule has 0 aliphatic carbocycles. The van der Waals surface area contributed by atoms with Crippen molar-refractivity contribution in [2.45, 2.75) is 11.8 Å². The van der Waals surface area contributed by atoms with Crippen molar-refractivity contribution in [3.8, 4) is 0 Å². The largest absolute Gasteiger partial charge is 0.322 e. The summed E-state index contributed by atoms with van der Waals surface area (Å²) < 4.78 is 0. The Hall–Kier alpha value is -1.20. The summed E-state index contributed by atoms with van der Waals surface area (Å²) in [5.74, 6) is 0.785. The fourth-order valence-corrected chi connectivity index (χ4v) is 3.53. The van der Waals surface area contributed by atoms with Crippen LogP contribution in [0, 0.1) is 6.92 Å². The molecule has 0 saturated carbocycles. The van der Waals surface area contributed by atoms with Gasteiger partial charge in [0.05, 0.1) is 22.3 Å². The van der Waals surface area contributed by atoms with E-state index in [0.29, 0.717) is 15.7 Å². The van der Waals surface area contributed by atoms with Gasteiger partial charge in [-0.3, -0.25) is 9.69 Å². The Morgan fingerprint density at radius 2 is 1.75 bits per heavy atom. The zero-order valence-corrected chi connectivity index (χ0v) is 16.0. The zero-order chi connectivity index (χ0) is 17.5. The lowest BCUT2D eigenvalue weighted by Gasteiger charge is -2.16. The lowest BCUT2D eigenvalue weighted by atomic mass is 10.2. The van der Waals surface area contributed by atoms with E-state index in [-0.39, 0.29) is 12.5 Å². The van der Waals surface area contributed by atoms with E-state index in [1.807, 2.05) is 11.9 Å². The second-order valence-corrected chi connectivity index (χ2v) is 7.53. The molecule has 0 aliphatic rings. The molecule has 3 nitrogen and oxygen atoms in total. The summed E-state index contributed by atoms with van der Waals surface area (Å²) in [6, 6.07) is 13.6. The Morgan fingerprint density at radius 1 is 1.12 bits per heavy atom. The van der Waals surface area contributed by atoms with Gasteiger partial charge < -0.3 is 5.32 Å². The van der Waals surface area contributed by atoms with Crippen LogP contribution >= 0.6 is 35.0 Å². The van der Waals surface area contributed by atoms with Crippen LogP contribution in [0.2, 0.25) is 10.0 Å². The van der Waals surface area contributed by atoms with Crippen LogP contribution in [-0.2, 0) is 4.79 Å². The van der Waals surface area contributed by atoms with Crippen LogP contribution in [-0.4, -0.2) is 36.7 Å². The number of likely N-dealkylation sites (N-methyl/N-ethyl adjacent to an activating group) is 1. The number of nitrogens with zero attached hydrogens (tertiary/aromatic N) is 1. The molecule has 0 atom stereocenters. The molecule has 2 aromatic rings. The van der Waals surface area contributed by atoms with Crippen molar-refractivity contribution in [3.05, 3.63) is 58.1 Å². The smallest absolute Gasteiger partial charge is 0.238 e. The quantitative estimate of drug-likeness (QED) is 0.686. The van der Waals surface area contributed by atoms with Gasteiger partial charge in [-0.05, 0) is 38.2 Å². The number of benzene rings is 2. The van der Waals surface area contributed by atoms with E-state index < -0.39 is 0 Å². The van der Waals surface area contributed by atoms with Crippen LogP contribution in [0.15, 0.2) is 47.4 Å². The second kappa shape index (κ2) is 9.33. The molecular formula is C18H20Cl2N2OS. The van der Waals surface area contributed by atoms with E-state index in [9.17, 15) is 4.79 Å². The first-order valence-corrected chi connectivity index (χ1v) is 9.32. The summed E-state index contributed by atoms with van der Waals surface area (Å²) in [6.45, 7) is 3.17. The van der Waals surface area contributed by atoms with Gasteiger partial charge in [-0.2, -0.15) is 0 Å². The molecular weight excluding hydrogens is 363 g/mol. The number of para-hydroxylation sites is 1. The van der Waals surface area contributed by atoms with Crippen LogP contribution in [0.1, 0.15) is 5.56 Å². The fourth-order valence-electron chi connectivity index (χ4n) is 2.07. The Balaban J connectivity index is 1.76. The molecule has 0 unspecified atom stereocenters. The number of thioether (sulfide) groups is 1. The highest BCUT2D eigenvalue weighted by molar-refractivity contribution is 7.99. The van der Waals surface area contributed by atoms with Crippen LogP contribution < -0.4 is 5.32 Å². The molecule has 1 amide bonds. The molecule has 0 heterocycles. The van der Waals surface area contributed by atoms with Crippen molar-refractivity contribution >= 4 is 46.6 Å².